The van der Waals surface area contributed by atoms with Crippen molar-refractivity contribution in [3.05, 3.63) is 0 Å². The van der Waals surface area contributed by atoms with Gasteiger partial charge in [0.15, 0.2) is 0 Å². The summed E-state index contributed by atoms with van der Waals surface area (Å²) in [6, 6.07) is 0.851. The summed E-state index contributed by atoms with van der Waals surface area (Å²) < 4.78 is 0. The van der Waals surface area contributed by atoms with E-state index in [2.05, 4.69) is 10.2 Å². The molecule has 2 heterocycles. The zero-order valence-corrected chi connectivity index (χ0v) is 12.3. The molecule has 1 saturated carbocycles. The van der Waals surface area contributed by atoms with E-state index in [9.17, 15) is 9.59 Å². The predicted octanol–water partition coefficient (Wildman–Crippen LogP) is 1.09. The van der Waals surface area contributed by atoms with Crippen LogP contribution in [-0.2, 0) is 9.59 Å². The first kappa shape index (κ1) is 13.9. The van der Waals surface area contributed by atoms with Gasteiger partial charge in [0.2, 0.25) is 5.91 Å². The van der Waals surface area contributed by atoms with Crippen molar-refractivity contribution in [3.8, 4) is 0 Å². The summed E-state index contributed by atoms with van der Waals surface area (Å²) in [6.45, 7) is 6.00. The highest BCUT2D eigenvalue weighted by molar-refractivity contribution is 5.91. The van der Waals surface area contributed by atoms with Crippen LogP contribution in [0.25, 0.3) is 0 Å². The molecule has 0 radical (unpaired) electrons. The van der Waals surface area contributed by atoms with E-state index in [0.717, 1.165) is 19.4 Å². The third-order valence-corrected chi connectivity index (χ3v) is 5.54. The van der Waals surface area contributed by atoms with Gasteiger partial charge in [-0.05, 0) is 37.6 Å². The van der Waals surface area contributed by atoms with Gasteiger partial charge < -0.3 is 15.3 Å². The van der Waals surface area contributed by atoms with E-state index in [-0.39, 0.29) is 17.9 Å². The minimum atomic E-state index is -0.847. The highest BCUT2D eigenvalue weighted by atomic mass is 16.4. The maximum absolute atomic E-state index is 12.3. The van der Waals surface area contributed by atoms with Crippen molar-refractivity contribution in [3.63, 3.8) is 0 Å². The highest BCUT2D eigenvalue weighted by Crippen LogP contribution is 2.58. The van der Waals surface area contributed by atoms with E-state index >= 15 is 0 Å². The Hall–Kier alpha value is -1.10. The van der Waals surface area contributed by atoms with Crippen LogP contribution in [0.2, 0.25) is 0 Å². The Kier molecular flexibility index (Phi) is 3.27. The van der Waals surface area contributed by atoms with Crippen LogP contribution in [0.5, 0.6) is 0 Å². The first-order chi connectivity index (χ1) is 9.41. The highest BCUT2D eigenvalue weighted by Gasteiger charge is 2.66. The lowest BCUT2D eigenvalue weighted by Gasteiger charge is -2.35. The number of fused-ring (bicyclic) bond motifs is 1. The largest absolute Gasteiger partial charge is 0.481 e. The number of carbonyl (C=O) groups is 2. The van der Waals surface area contributed by atoms with Gasteiger partial charge in [-0.15, -0.1) is 0 Å². The quantitative estimate of drug-likeness (QED) is 0.812. The lowest BCUT2D eigenvalue weighted by Crippen LogP contribution is -2.48. The van der Waals surface area contributed by atoms with Gasteiger partial charge in [-0.1, -0.05) is 13.8 Å². The fourth-order valence-corrected chi connectivity index (χ4v) is 4.23. The minimum absolute atomic E-state index is 0.0566. The van der Waals surface area contributed by atoms with E-state index in [4.69, 9.17) is 5.11 Å². The Balaban J connectivity index is 1.56. The average Bonchev–Trinajstić information content (AvgIpc) is 2.73. The summed E-state index contributed by atoms with van der Waals surface area (Å²) >= 11 is 0. The smallest absolute Gasteiger partial charge is 0.307 e. The number of amides is 1. The van der Waals surface area contributed by atoms with Gasteiger partial charge in [0.25, 0.3) is 0 Å². The zero-order chi connectivity index (χ0) is 14.5. The molecule has 2 saturated heterocycles. The molecule has 20 heavy (non-hydrogen) atoms. The molecule has 0 aromatic rings. The van der Waals surface area contributed by atoms with Crippen molar-refractivity contribution in [1.82, 2.24) is 10.2 Å². The number of hydrogen-bond donors (Lipinski definition) is 2. The topological polar surface area (TPSA) is 69.6 Å². The summed E-state index contributed by atoms with van der Waals surface area (Å²) in [5.74, 6) is -1.78. The van der Waals surface area contributed by atoms with Crippen LogP contribution >= 0.6 is 0 Å². The first-order valence-corrected chi connectivity index (χ1v) is 7.68. The van der Waals surface area contributed by atoms with Crippen LogP contribution in [0, 0.1) is 17.3 Å². The van der Waals surface area contributed by atoms with Gasteiger partial charge in [-0.3, -0.25) is 9.59 Å². The Morgan fingerprint density at radius 2 is 1.95 bits per heavy atom. The number of nitrogens with one attached hydrogen (secondary N) is 1. The van der Waals surface area contributed by atoms with E-state index in [1.165, 1.54) is 19.4 Å². The van der Waals surface area contributed by atoms with Gasteiger partial charge in [-0.25, -0.2) is 0 Å². The van der Waals surface area contributed by atoms with Crippen molar-refractivity contribution in [2.75, 3.05) is 13.1 Å². The molecule has 0 aromatic carbocycles. The lowest BCUT2D eigenvalue weighted by molar-refractivity contribution is -0.140. The number of aliphatic carboxylic acids is 1. The number of nitrogens with zero attached hydrogens (tertiary/aromatic N) is 1. The normalized spacial score (nSPS) is 39.1. The van der Waals surface area contributed by atoms with Crippen molar-refractivity contribution in [1.29, 1.82) is 0 Å². The molecular weight excluding hydrogens is 256 g/mol. The molecule has 3 rings (SSSR count). The molecular formula is C15H24N2O3. The first-order valence-electron chi connectivity index (χ1n) is 7.68. The number of carbonyl (C=O) groups excluding carboxylic acids is 1. The molecule has 0 bridgehead atoms. The van der Waals surface area contributed by atoms with Crippen LogP contribution in [0.1, 0.15) is 39.5 Å². The summed E-state index contributed by atoms with van der Waals surface area (Å²) in [7, 11) is 0. The second-order valence-corrected chi connectivity index (χ2v) is 7.18. The summed E-state index contributed by atoms with van der Waals surface area (Å²) in [4.78, 5) is 26.0. The van der Waals surface area contributed by atoms with Crippen LogP contribution in [0.15, 0.2) is 0 Å². The third-order valence-electron chi connectivity index (χ3n) is 5.54. The summed E-state index contributed by atoms with van der Waals surface area (Å²) in [6.07, 6.45) is 4.52. The summed E-state index contributed by atoms with van der Waals surface area (Å²) in [5, 5.41) is 12.3. The van der Waals surface area contributed by atoms with Gasteiger partial charge in [0, 0.05) is 18.6 Å². The van der Waals surface area contributed by atoms with Gasteiger partial charge in [0.1, 0.15) is 0 Å². The van der Waals surface area contributed by atoms with E-state index in [1.807, 2.05) is 13.8 Å². The van der Waals surface area contributed by atoms with Crippen LogP contribution in [-0.4, -0.2) is 47.1 Å². The maximum Gasteiger partial charge on any atom is 0.307 e. The number of rotatable bonds is 3. The molecule has 112 valence electrons. The molecule has 3 aliphatic rings. The second-order valence-electron chi connectivity index (χ2n) is 7.18. The molecule has 5 nitrogen and oxygen atoms in total. The molecule has 4 atom stereocenters. The van der Waals surface area contributed by atoms with Crippen molar-refractivity contribution < 1.29 is 14.7 Å². The number of carboxylic acids is 1. The van der Waals surface area contributed by atoms with Gasteiger partial charge in [0.05, 0.1) is 11.8 Å². The van der Waals surface area contributed by atoms with Crippen LogP contribution in [0.4, 0.5) is 0 Å². The van der Waals surface area contributed by atoms with E-state index in [1.54, 1.807) is 0 Å². The molecule has 5 heteroatoms. The number of carboxylic acid groups (broad SMARTS) is 1. The number of hydrogen-bond acceptors (Lipinski definition) is 3. The van der Waals surface area contributed by atoms with Gasteiger partial charge >= 0.3 is 5.97 Å². The standard InChI is InChI=1S/C15H24N2O3/c1-15(2)11(12(15)14(19)20)13(18)16-9-5-7-17-6-3-4-10(17)8-9/h9-12H,3-8H2,1-2H3,(H,16,18)(H,19,20)/t9?,10?,11-,12+/m1/s1. The Morgan fingerprint density at radius 3 is 2.60 bits per heavy atom. The van der Waals surface area contributed by atoms with Crippen molar-refractivity contribution in [2.24, 2.45) is 17.3 Å². The molecule has 0 aromatic heterocycles. The Bertz CT molecular complexity index is 435. The lowest BCUT2D eigenvalue weighted by atomic mass is 9.97. The molecule has 2 N–H and O–H groups in total. The molecule has 0 spiro atoms. The molecule has 1 aliphatic carbocycles. The third kappa shape index (κ3) is 2.22. The minimum Gasteiger partial charge on any atom is -0.481 e. The van der Waals surface area contributed by atoms with E-state index < -0.39 is 17.3 Å². The Morgan fingerprint density at radius 1 is 1.20 bits per heavy atom. The molecule has 1 amide bonds. The fourth-order valence-electron chi connectivity index (χ4n) is 4.23. The average molecular weight is 280 g/mol. The second kappa shape index (κ2) is 4.72. The van der Waals surface area contributed by atoms with Gasteiger partial charge in [-0.2, -0.15) is 0 Å². The SMILES string of the molecule is CC1(C)[C@H](C(=O)O)[C@@H]1C(=O)NC1CCN2CCCC2C1. The molecule has 2 unspecified atom stereocenters. The van der Waals surface area contributed by atoms with Crippen molar-refractivity contribution in [2.45, 2.75) is 51.6 Å². The predicted molar refractivity (Wildman–Crippen MR) is 74.2 cm³/mol. The molecule has 3 fully saturated rings. The van der Waals surface area contributed by atoms with Crippen LogP contribution < -0.4 is 5.32 Å². The fraction of sp³-hybridized carbons (Fsp3) is 0.867. The van der Waals surface area contributed by atoms with E-state index in [0.29, 0.717) is 6.04 Å². The maximum atomic E-state index is 12.3. The molecule has 2 aliphatic heterocycles. The number of piperidine rings is 1. The van der Waals surface area contributed by atoms with Crippen LogP contribution in [0.3, 0.4) is 0 Å². The zero-order valence-electron chi connectivity index (χ0n) is 12.3. The Labute approximate surface area is 119 Å². The summed E-state index contributed by atoms with van der Waals surface area (Å²) in [5.41, 5.74) is -0.399. The monoisotopic (exact) mass is 280 g/mol. The van der Waals surface area contributed by atoms with Crippen molar-refractivity contribution >= 4 is 11.9 Å².